The van der Waals surface area contributed by atoms with E-state index in [9.17, 15) is 27.9 Å². The van der Waals surface area contributed by atoms with E-state index in [1.54, 1.807) is 5.32 Å². The van der Waals surface area contributed by atoms with Gasteiger partial charge in [-0.15, -0.1) is 0 Å². The monoisotopic (exact) mass is 255 g/mol. The van der Waals surface area contributed by atoms with Crippen molar-refractivity contribution in [2.75, 3.05) is 0 Å². The molecule has 1 aliphatic rings. The van der Waals surface area contributed by atoms with Crippen LogP contribution in [-0.2, 0) is 9.59 Å². The fraction of sp³-hybridized carbons (Fsp3) is 0.778. The van der Waals surface area contributed by atoms with Gasteiger partial charge in [0.25, 0.3) is 0 Å². The van der Waals surface area contributed by atoms with Crippen molar-refractivity contribution in [3.8, 4) is 0 Å². The highest BCUT2D eigenvalue weighted by Gasteiger charge is 2.42. The summed E-state index contributed by atoms with van der Waals surface area (Å²) in [5, 5.41) is 19.7. The van der Waals surface area contributed by atoms with Crippen LogP contribution in [0.3, 0.4) is 0 Å². The molecule has 0 bridgehead atoms. The zero-order chi connectivity index (χ0) is 13.2. The summed E-state index contributed by atoms with van der Waals surface area (Å²) in [7, 11) is 0. The van der Waals surface area contributed by atoms with Gasteiger partial charge in [-0.25, -0.2) is 0 Å². The first kappa shape index (κ1) is 13.8. The molecular formula is C9H12F3NO4. The first-order chi connectivity index (χ1) is 7.71. The molecule has 8 heteroatoms. The van der Waals surface area contributed by atoms with Crippen LogP contribution in [0.25, 0.3) is 0 Å². The van der Waals surface area contributed by atoms with E-state index < -0.39 is 36.1 Å². The fourth-order valence-electron chi connectivity index (χ4n) is 1.78. The summed E-state index contributed by atoms with van der Waals surface area (Å²) in [4.78, 5) is 21.3. The van der Waals surface area contributed by atoms with Crippen LogP contribution in [0.15, 0.2) is 0 Å². The number of aliphatic hydroxyl groups is 1. The second-order valence-corrected chi connectivity index (χ2v) is 3.99. The number of hydrogen-bond donors (Lipinski definition) is 3. The zero-order valence-corrected chi connectivity index (χ0v) is 8.70. The molecule has 3 atom stereocenters. The summed E-state index contributed by atoms with van der Waals surface area (Å²) in [6.45, 7) is 0. The lowest BCUT2D eigenvalue weighted by Gasteiger charge is -2.32. The average Bonchev–Trinajstić information content (AvgIpc) is 2.19. The lowest BCUT2D eigenvalue weighted by atomic mass is 9.84. The van der Waals surface area contributed by atoms with Gasteiger partial charge in [0.1, 0.15) is 0 Å². The van der Waals surface area contributed by atoms with Gasteiger partial charge in [0.05, 0.1) is 18.1 Å². The van der Waals surface area contributed by atoms with Gasteiger partial charge >= 0.3 is 18.1 Å². The van der Waals surface area contributed by atoms with Crippen LogP contribution in [0, 0.1) is 5.92 Å². The van der Waals surface area contributed by atoms with Gasteiger partial charge in [0.15, 0.2) is 0 Å². The molecule has 0 spiro atoms. The molecule has 3 N–H and O–H groups in total. The van der Waals surface area contributed by atoms with Gasteiger partial charge in [0.2, 0.25) is 0 Å². The number of carbonyl (C=O) groups is 2. The average molecular weight is 255 g/mol. The van der Waals surface area contributed by atoms with Crippen molar-refractivity contribution in [1.29, 1.82) is 0 Å². The Morgan fingerprint density at radius 1 is 1.24 bits per heavy atom. The highest BCUT2D eigenvalue weighted by atomic mass is 19.4. The highest BCUT2D eigenvalue weighted by molar-refractivity contribution is 5.82. The molecule has 0 aromatic rings. The number of alkyl halides is 3. The standard InChI is InChI=1S/C9H12F3NO4/c10-9(11,12)8(17)13-5-3-4(7(15)16)1-2-6(5)14/h4-6,14H,1-3H2,(H,13,17)(H,15,16). The van der Waals surface area contributed by atoms with Crippen LogP contribution in [0.4, 0.5) is 13.2 Å². The molecule has 0 heterocycles. The summed E-state index contributed by atoms with van der Waals surface area (Å²) in [5.74, 6) is -4.13. The Kier molecular flexibility index (Phi) is 3.97. The molecule has 1 aliphatic carbocycles. The molecular weight excluding hydrogens is 243 g/mol. The highest BCUT2D eigenvalue weighted by Crippen LogP contribution is 2.26. The second-order valence-electron chi connectivity index (χ2n) is 3.99. The summed E-state index contributed by atoms with van der Waals surface area (Å²) < 4.78 is 35.9. The van der Waals surface area contributed by atoms with E-state index in [2.05, 4.69) is 0 Å². The summed E-state index contributed by atoms with van der Waals surface area (Å²) >= 11 is 0. The molecule has 1 amide bonds. The van der Waals surface area contributed by atoms with Gasteiger partial charge in [-0.2, -0.15) is 13.2 Å². The number of halogens is 3. The molecule has 0 saturated heterocycles. The number of nitrogens with one attached hydrogen (secondary N) is 1. The van der Waals surface area contributed by atoms with Crippen molar-refractivity contribution in [3.63, 3.8) is 0 Å². The summed E-state index contributed by atoms with van der Waals surface area (Å²) in [6, 6.07) is -1.17. The van der Waals surface area contributed by atoms with Crippen molar-refractivity contribution in [2.45, 2.75) is 37.6 Å². The van der Waals surface area contributed by atoms with Crippen LogP contribution in [0.1, 0.15) is 19.3 Å². The summed E-state index contributed by atoms with van der Waals surface area (Å²) in [5.41, 5.74) is 0. The predicted octanol–water partition coefficient (Wildman–Crippen LogP) is 0.279. The van der Waals surface area contributed by atoms with Crippen molar-refractivity contribution < 1.29 is 33.0 Å². The van der Waals surface area contributed by atoms with E-state index >= 15 is 0 Å². The minimum absolute atomic E-state index is 0.0553. The van der Waals surface area contributed by atoms with E-state index in [1.807, 2.05) is 0 Å². The first-order valence-corrected chi connectivity index (χ1v) is 5.00. The minimum Gasteiger partial charge on any atom is -0.481 e. The number of hydrogen-bond acceptors (Lipinski definition) is 3. The molecule has 1 saturated carbocycles. The molecule has 1 rings (SSSR count). The van der Waals surface area contributed by atoms with Crippen LogP contribution in [0.2, 0.25) is 0 Å². The Bertz CT molecular complexity index is 318. The lowest BCUT2D eigenvalue weighted by molar-refractivity contribution is -0.175. The van der Waals surface area contributed by atoms with Crippen molar-refractivity contribution in [2.24, 2.45) is 5.92 Å². The van der Waals surface area contributed by atoms with E-state index in [4.69, 9.17) is 5.11 Å². The van der Waals surface area contributed by atoms with E-state index in [1.165, 1.54) is 0 Å². The molecule has 0 aliphatic heterocycles. The van der Waals surface area contributed by atoms with Gasteiger partial charge in [0, 0.05) is 0 Å². The number of aliphatic hydroxyl groups excluding tert-OH is 1. The quantitative estimate of drug-likeness (QED) is 0.661. The third kappa shape index (κ3) is 3.58. The Morgan fingerprint density at radius 3 is 2.29 bits per heavy atom. The van der Waals surface area contributed by atoms with Crippen LogP contribution >= 0.6 is 0 Å². The van der Waals surface area contributed by atoms with Gasteiger partial charge in [-0.1, -0.05) is 0 Å². The maximum Gasteiger partial charge on any atom is 0.471 e. The third-order valence-electron chi connectivity index (χ3n) is 2.74. The second kappa shape index (κ2) is 4.91. The molecule has 0 aromatic carbocycles. The number of amides is 1. The molecule has 5 nitrogen and oxygen atoms in total. The van der Waals surface area contributed by atoms with Gasteiger partial charge in [-0.3, -0.25) is 9.59 Å². The number of carboxylic acids is 1. The van der Waals surface area contributed by atoms with E-state index in [0.717, 1.165) is 0 Å². The molecule has 0 aromatic heterocycles. The SMILES string of the molecule is O=C(O)C1CCC(O)C(NC(=O)C(F)(F)F)C1. The van der Waals surface area contributed by atoms with Crippen LogP contribution < -0.4 is 5.32 Å². The van der Waals surface area contributed by atoms with Crippen molar-refractivity contribution >= 4 is 11.9 Å². The van der Waals surface area contributed by atoms with Crippen molar-refractivity contribution in [3.05, 3.63) is 0 Å². The number of carboxylic acid groups (broad SMARTS) is 1. The first-order valence-electron chi connectivity index (χ1n) is 5.00. The third-order valence-corrected chi connectivity index (χ3v) is 2.74. The van der Waals surface area contributed by atoms with Gasteiger partial charge in [-0.05, 0) is 19.3 Å². The number of rotatable bonds is 2. The van der Waals surface area contributed by atoms with Crippen LogP contribution in [0.5, 0.6) is 0 Å². The van der Waals surface area contributed by atoms with Crippen LogP contribution in [-0.4, -0.2) is 40.4 Å². The smallest absolute Gasteiger partial charge is 0.471 e. The fourth-order valence-corrected chi connectivity index (χ4v) is 1.78. The lowest BCUT2D eigenvalue weighted by Crippen LogP contribution is -2.51. The maximum absolute atomic E-state index is 12.0. The van der Waals surface area contributed by atoms with Crippen molar-refractivity contribution in [1.82, 2.24) is 5.32 Å². The maximum atomic E-state index is 12.0. The minimum atomic E-state index is -5.03. The molecule has 0 radical (unpaired) electrons. The normalized spacial score (nSPS) is 29.8. The number of aliphatic carboxylic acids is 1. The molecule has 3 unspecified atom stereocenters. The topological polar surface area (TPSA) is 86.6 Å². The Balaban J connectivity index is 2.62. The number of carbonyl (C=O) groups excluding carboxylic acids is 1. The Hall–Kier alpha value is -1.31. The van der Waals surface area contributed by atoms with E-state index in [0.29, 0.717) is 0 Å². The van der Waals surface area contributed by atoms with Gasteiger partial charge < -0.3 is 15.5 Å². The Morgan fingerprint density at radius 2 is 1.82 bits per heavy atom. The summed E-state index contributed by atoms with van der Waals surface area (Å²) in [6.07, 6.45) is -6.13. The largest absolute Gasteiger partial charge is 0.481 e. The zero-order valence-electron chi connectivity index (χ0n) is 8.70. The molecule has 17 heavy (non-hydrogen) atoms. The molecule has 98 valence electrons. The molecule has 1 fully saturated rings. The van der Waals surface area contributed by atoms with E-state index in [-0.39, 0.29) is 19.3 Å². The predicted molar refractivity (Wildman–Crippen MR) is 49.0 cm³/mol. The Labute approximate surface area is 94.6 Å².